The molecule has 1 saturated carbocycles. The molecule has 0 spiro atoms. The predicted octanol–water partition coefficient (Wildman–Crippen LogP) is 3.26. The van der Waals surface area contributed by atoms with Gasteiger partial charge in [0.2, 0.25) is 0 Å². The zero-order chi connectivity index (χ0) is 11.0. The first-order valence-electron chi connectivity index (χ1n) is 4.74. The molecule has 1 N–H and O–H groups in total. The van der Waals surface area contributed by atoms with Gasteiger partial charge in [-0.2, -0.15) is 0 Å². The molecule has 1 fully saturated rings. The highest BCUT2D eigenvalue weighted by Crippen LogP contribution is 2.41. The zero-order valence-corrected chi connectivity index (χ0v) is 9.42. The molecule has 2 nitrogen and oxygen atoms in total. The number of rotatable bonds is 3. The van der Waals surface area contributed by atoms with E-state index in [2.05, 4.69) is 0 Å². The maximum absolute atomic E-state index is 10.6. The van der Waals surface area contributed by atoms with Crippen LogP contribution in [0.1, 0.15) is 12.0 Å². The lowest BCUT2D eigenvalue weighted by atomic mass is 10.1. The van der Waals surface area contributed by atoms with Crippen LogP contribution in [0.2, 0.25) is 10.0 Å². The van der Waals surface area contributed by atoms with Crippen molar-refractivity contribution < 1.29 is 9.90 Å². The van der Waals surface area contributed by atoms with Gasteiger partial charge in [-0.1, -0.05) is 29.3 Å². The molecular weight excluding hydrogens is 235 g/mol. The first-order valence-corrected chi connectivity index (χ1v) is 5.50. The van der Waals surface area contributed by atoms with Crippen molar-refractivity contribution in [3.8, 4) is 0 Å². The van der Waals surface area contributed by atoms with Gasteiger partial charge in [0, 0.05) is 0 Å². The molecule has 0 saturated heterocycles. The fraction of sp³-hybridized carbons (Fsp3) is 0.364. The van der Waals surface area contributed by atoms with Gasteiger partial charge in [-0.3, -0.25) is 4.79 Å². The average Bonchev–Trinajstić information content (AvgIpc) is 2.91. The molecule has 0 aromatic heterocycles. The maximum atomic E-state index is 10.6. The zero-order valence-electron chi connectivity index (χ0n) is 7.91. The van der Waals surface area contributed by atoms with Crippen LogP contribution in [0.3, 0.4) is 0 Å². The number of hydrogen-bond donors (Lipinski definition) is 1. The first kappa shape index (κ1) is 10.8. The molecule has 4 heteroatoms. The van der Waals surface area contributed by atoms with E-state index >= 15 is 0 Å². The predicted molar refractivity (Wildman–Crippen MR) is 59.4 cm³/mol. The summed E-state index contributed by atoms with van der Waals surface area (Å²) in [4.78, 5) is 10.6. The van der Waals surface area contributed by atoms with E-state index in [-0.39, 0.29) is 11.8 Å². The molecule has 1 aromatic rings. The highest BCUT2D eigenvalue weighted by atomic mass is 35.5. The van der Waals surface area contributed by atoms with Crippen LogP contribution >= 0.6 is 23.2 Å². The number of carbonyl (C=O) groups is 1. The fourth-order valence-electron chi connectivity index (χ4n) is 1.74. The van der Waals surface area contributed by atoms with Crippen molar-refractivity contribution in [3.05, 3.63) is 33.8 Å². The van der Waals surface area contributed by atoms with Crippen molar-refractivity contribution in [2.75, 3.05) is 0 Å². The number of carboxylic acid groups (broad SMARTS) is 1. The van der Waals surface area contributed by atoms with Crippen LogP contribution in [0, 0.1) is 11.8 Å². The molecule has 0 bridgehead atoms. The van der Waals surface area contributed by atoms with Gasteiger partial charge >= 0.3 is 5.97 Å². The molecule has 15 heavy (non-hydrogen) atoms. The van der Waals surface area contributed by atoms with E-state index in [1.165, 1.54) is 0 Å². The van der Waals surface area contributed by atoms with Crippen LogP contribution < -0.4 is 0 Å². The molecule has 2 rings (SSSR count). The Kier molecular flexibility index (Phi) is 2.89. The second-order valence-corrected chi connectivity index (χ2v) is 4.71. The smallest absolute Gasteiger partial charge is 0.306 e. The normalized spacial score (nSPS) is 23.9. The molecule has 0 amide bonds. The van der Waals surface area contributed by atoms with Crippen LogP contribution in [-0.4, -0.2) is 11.1 Å². The topological polar surface area (TPSA) is 37.3 Å². The highest BCUT2D eigenvalue weighted by Gasteiger charge is 2.42. The Labute approximate surface area is 97.8 Å². The minimum atomic E-state index is -0.694. The molecular formula is C11H10Cl2O2. The lowest BCUT2D eigenvalue weighted by Crippen LogP contribution is -2.01. The van der Waals surface area contributed by atoms with E-state index in [0.717, 1.165) is 18.4 Å². The van der Waals surface area contributed by atoms with Crippen molar-refractivity contribution in [2.45, 2.75) is 12.8 Å². The number of aliphatic carboxylic acids is 1. The summed E-state index contributed by atoms with van der Waals surface area (Å²) in [7, 11) is 0. The number of benzene rings is 1. The second-order valence-electron chi connectivity index (χ2n) is 3.89. The van der Waals surface area contributed by atoms with Gasteiger partial charge in [-0.15, -0.1) is 0 Å². The van der Waals surface area contributed by atoms with Crippen LogP contribution in [0.4, 0.5) is 0 Å². The van der Waals surface area contributed by atoms with E-state index in [4.69, 9.17) is 28.3 Å². The van der Waals surface area contributed by atoms with Crippen molar-refractivity contribution in [1.29, 1.82) is 0 Å². The summed E-state index contributed by atoms with van der Waals surface area (Å²) >= 11 is 11.7. The van der Waals surface area contributed by atoms with Gasteiger partial charge in [0.1, 0.15) is 0 Å². The Morgan fingerprint density at radius 2 is 2.13 bits per heavy atom. The first-order chi connectivity index (χ1) is 7.08. The summed E-state index contributed by atoms with van der Waals surface area (Å²) in [6.45, 7) is 0. The molecule has 2 unspecified atom stereocenters. The summed E-state index contributed by atoms with van der Waals surface area (Å²) in [6.07, 6.45) is 1.55. The Morgan fingerprint density at radius 1 is 1.40 bits per heavy atom. The number of carboxylic acids is 1. The van der Waals surface area contributed by atoms with Gasteiger partial charge < -0.3 is 5.11 Å². The van der Waals surface area contributed by atoms with Gasteiger partial charge in [0.15, 0.2) is 0 Å². The third-order valence-electron chi connectivity index (χ3n) is 2.72. The molecule has 80 valence electrons. The average molecular weight is 245 g/mol. The van der Waals surface area contributed by atoms with Crippen LogP contribution in [0.5, 0.6) is 0 Å². The molecule has 1 aliphatic rings. The quantitative estimate of drug-likeness (QED) is 0.887. The van der Waals surface area contributed by atoms with Gasteiger partial charge in [-0.25, -0.2) is 0 Å². The second kappa shape index (κ2) is 4.03. The van der Waals surface area contributed by atoms with Crippen molar-refractivity contribution in [2.24, 2.45) is 11.8 Å². The fourth-order valence-corrected chi connectivity index (χ4v) is 2.07. The minimum Gasteiger partial charge on any atom is -0.481 e. The van der Waals surface area contributed by atoms with Crippen molar-refractivity contribution in [3.63, 3.8) is 0 Å². The molecule has 2 atom stereocenters. The lowest BCUT2D eigenvalue weighted by Gasteiger charge is -2.01. The summed E-state index contributed by atoms with van der Waals surface area (Å²) in [5, 5.41) is 9.82. The van der Waals surface area contributed by atoms with Gasteiger partial charge in [0.25, 0.3) is 0 Å². The molecule has 0 radical (unpaired) electrons. The van der Waals surface area contributed by atoms with Crippen LogP contribution in [-0.2, 0) is 11.2 Å². The van der Waals surface area contributed by atoms with E-state index in [1.54, 1.807) is 12.1 Å². The molecule has 0 heterocycles. The van der Waals surface area contributed by atoms with E-state index < -0.39 is 5.97 Å². The van der Waals surface area contributed by atoms with Gasteiger partial charge in [-0.05, 0) is 36.5 Å². The highest BCUT2D eigenvalue weighted by molar-refractivity contribution is 6.42. The summed E-state index contributed by atoms with van der Waals surface area (Å²) < 4.78 is 0. The van der Waals surface area contributed by atoms with E-state index in [1.807, 2.05) is 6.07 Å². The Balaban J connectivity index is 2.01. The van der Waals surface area contributed by atoms with Crippen LogP contribution in [0.25, 0.3) is 0 Å². The molecule has 1 aliphatic carbocycles. The maximum Gasteiger partial charge on any atom is 0.306 e. The summed E-state index contributed by atoms with van der Waals surface area (Å²) in [5.74, 6) is -0.598. The summed E-state index contributed by atoms with van der Waals surface area (Å²) in [6, 6.07) is 5.45. The minimum absolute atomic E-state index is 0.167. The standard InChI is InChI=1S/C11H10Cl2O2/c12-9-2-1-6(4-10(9)13)3-7-5-8(7)11(14)15/h1-2,4,7-8H,3,5H2,(H,14,15). The third kappa shape index (κ3) is 2.44. The van der Waals surface area contributed by atoms with E-state index in [9.17, 15) is 4.79 Å². The number of halogens is 2. The summed E-state index contributed by atoms with van der Waals surface area (Å²) in [5.41, 5.74) is 1.05. The Morgan fingerprint density at radius 3 is 2.67 bits per heavy atom. The lowest BCUT2D eigenvalue weighted by molar-refractivity contribution is -0.138. The largest absolute Gasteiger partial charge is 0.481 e. The molecule has 1 aromatic carbocycles. The van der Waals surface area contributed by atoms with Crippen LogP contribution in [0.15, 0.2) is 18.2 Å². The van der Waals surface area contributed by atoms with Gasteiger partial charge in [0.05, 0.1) is 16.0 Å². The van der Waals surface area contributed by atoms with Crippen molar-refractivity contribution in [1.82, 2.24) is 0 Å². The van der Waals surface area contributed by atoms with E-state index in [0.29, 0.717) is 10.0 Å². The Bertz CT molecular complexity index is 404. The number of hydrogen-bond acceptors (Lipinski definition) is 1. The Hall–Kier alpha value is -0.730. The van der Waals surface area contributed by atoms with Crippen molar-refractivity contribution >= 4 is 29.2 Å². The molecule has 0 aliphatic heterocycles. The SMILES string of the molecule is O=C(O)C1CC1Cc1ccc(Cl)c(Cl)c1. The monoisotopic (exact) mass is 244 g/mol. The third-order valence-corrected chi connectivity index (χ3v) is 3.46.